The zero-order valence-corrected chi connectivity index (χ0v) is 16.9. The molecule has 0 aliphatic heterocycles. The van der Waals surface area contributed by atoms with Crippen LogP contribution in [0.25, 0.3) is 5.69 Å². The van der Waals surface area contributed by atoms with Crippen molar-refractivity contribution in [2.45, 2.75) is 50.5 Å². The normalized spacial score (nSPS) is 23.6. The second kappa shape index (κ2) is 8.11. The van der Waals surface area contributed by atoms with Crippen molar-refractivity contribution in [2.24, 2.45) is 11.8 Å². The fraction of sp³-hybridized carbons (Fsp3) is 0.417. The van der Waals surface area contributed by atoms with Gasteiger partial charge in [-0.2, -0.15) is 0 Å². The smallest absolute Gasteiger partial charge is 0.255 e. The summed E-state index contributed by atoms with van der Waals surface area (Å²) in [5.74, 6) is 2.15. The lowest BCUT2D eigenvalue weighted by Crippen LogP contribution is -2.17. The van der Waals surface area contributed by atoms with E-state index >= 15 is 0 Å². The van der Waals surface area contributed by atoms with Crippen LogP contribution in [-0.2, 0) is 12.8 Å². The molecule has 0 unspecified atom stereocenters. The van der Waals surface area contributed by atoms with E-state index in [1.165, 1.54) is 24.5 Å². The second-order valence-corrected chi connectivity index (χ2v) is 8.70. The maximum absolute atomic E-state index is 12.0. The van der Waals surface area contributed by atoms with Crippen molar-refractivity contribution in [3.63, 3.8) is 0 Å². The van der Waals surface area contributed by atoms with Gasteiger partial charge in [0, 0.05) is 36.8 Å². The van der Waals surface area contributed by atoms with Crippen LogP contribution in [0.4, 0.5) is 0 Å². The van der Waals surface area contributed by atoms with E-state index in [9.17, 15) is 9.90 Å². The molecule has 0 aromatic carbocycles. The van der Waals surface area contributed by atoms with E-state index < -0.39 is 0 Å². The minimum atomic E-state index is -0.320. The molecule has 5 rings (SSSR count). The first-order valence-corrected chi connectivity index (χ1v) is 10.8. The summed E-state index contributed by atoms with van der Waals surface area (Å²) in [4.78, 5) is 25.6. The number of pyridine rings is 2. The first kappa shape index (κ1) is 19.1. The Kier molecular flexibility index (Phi) is 5.17. The summed E-state index contributed by atoms with van der Waals surface area (Å²) in [6.07, 6.45) is 12.9. The predicted octanol–water partition coefficient (Wildman–Crippen LogP) is 3.07. The highest BCUT2D eigenvalue weighted by Crippen LogP contribution is 2.39. The third-order valence-electron chi connectivity index (χ3n) is 6.38. The van der Waals surface area contributed by atoms with Gasteiger partial charge >= 0.3 is 0 Å². The molecular weight excluding hydrogens is 376 g/mol. The second-order valence-electron chi connectivity index (χ2n) is 8.70. The van der Waals surface area contributed by atoms with Crippen molar-refractivity contribution in [3.05, 3.63) is 82.6 Å². The van der Waals surface area contributed by atoms with Crippen molar-refractivity contribution < 1.29 is 5.11 Å². The predicted molar refractivity (Wildman–Crippen MR) is 113 cm³/mol. The highest BCUT2D eigenvalue weighted by atomic mass is 16.3. The molecule has 3 heterocycles. The summed E-state index contributed by atoms with van der Waals surface area (Å²) in [5, 5.41) is 10.6. The average Bonchev–Trinajstić information content (AvgIpc) is 3.55. The highest BCUT2D eigenvalue weighted by molar-refractivity contribution is 5.30. The van der Waals surface area contributed by atoms with Gasteiger partial charge < -0.3 is 5.11 Å². The van der Waals surface area contributed by atoms with E-state index in [1.54, 1.807) is 23.0 Å². The number of aliphatic hydroxyl groups is 1. The Balaban J connectivity index is 1.20. The van der Waals surface area contributed by atoms with E-state index in [-0.39, 0.29) is 17.6 Å². The van der Waals surface area contributed by atoms with E-state index in [1.807, 2.05) is 30.6 Å². The van der Waals surface area contributed by atoms with Crippen LogP contribution >= 0.6 is 0 Å². The molecule has 6 nitrogen and oxygen atoms in total. The van der Waals surface area contributed by atoms with Crippen molar-refractivity contribution in [1.29, 1.82) is 0 Å². The van der Waals surface area contributed by atoms with E-state index in [0.29, 0.717) is 11.8 Å². The van der Waals surface area contributed by atoms with Gasteiger partial charge in [0.15, 0.2) is 0 Å². The van der Waals surface area contributed by atoms with Crippen LogP contribution in [0.1, 0.15) is 48.7 Å². The standard InChI is InChI=1S/C24H26N4O2/c29-22-10-16(11-23-26-13-19(14-27-23)17-4-5-17)9-18(22)12-20-6-7-21(15-25-20)28-8-2-1-3-24(28)30/h1-3,6-8,13-18,22,29H,4-5,9-12H2/t16-,18+,22+/m0/s1. The minimum absolute atomic E-state index is 0.0755. The first-order chi connectivity index (χ1) is 14.7. The molecule has 3 aromatic heterocycles. The zero-order valence-electron chi connectivity index (χ0n) is 16.9. The Morgan fingerprint density at radius 3 is 2.50 bits per heavy atom. The Morgan fingerprint density at radius 2 is 1.80 bits per heavy atom. The fourth-order valence-electron chi connectivity index (χ4n) is 4.55. The molecule has 3 aromatic rings. The number of nitrogens with zero attached hydrogens (tertiary/aromatic N) is 4. The monoisotopic (exact) mass is 402 g/mol. The first-order valence-electron chi connectivity index (χ1n) is 10.8. The summed E-state index contributed by atoms with van der Waals surface area (Å²) < 4.78 is 1.58. The Labute approximate surface area is 175 Å². The van der Waals surface area contributed by atoms with Gasteiger partial charge in [-0.05, 0) is 73.6 Å². The largest absolute Gasteiger partial charge is 0.393 e. The maximum atomic E-state index is 12.0. The molecular formula is C24H26N4O2. The summed E-state index contributed by atoms with van der Waals surface area (Å²) in [6, 6.07) is 8.96. The summed E-state index contributed by atoms with van der Waals surface area (Å²) in [7, 11) is 0. The number of aromatic nitrogens is 4. The molecule has 154 valence electrons. The SMILES string of the molecule is O=c1ccccn1-c1ccc(C[C@H]2C[C@H](Cc3ncc(C4CC4)cn3)C[C@H]2O)nc1. The molecule has 0 spiro atoms. The van der Waals surface area contributed by atoms with Gasteiger partial charge in [0.25, 0.3) is 5.56 Å². The molecule has 1 N–H and O–H groups in total. The summed E-state index contributed by atoms with van der Waals surface area (Å²) in [5.41, 5.74) is 2.88. The van der Waals surface area contributed by atoms with E-state index in [4.69, 9.17) is 0 Å². The van der Waals surface area contributed by atoms with Gasteiger partial charge in [0.2, 0.25) is 0 Å². The van der Waals surface area contributed by atoms with Crippen LogP contribution in [0.2, 0.25) is 0 Å². The lowest BCUT2D eigenvalue weighted by Gasteiger charge is -2.14. The topological polar surface area (TPSA) is 80.9 Å². The molecule has 2 aliphatic carbocycles. The van der Waals surface area contributed by atoms with Crippen LogP contribution in [0.5, 0.6) is 0 Å². The van der Waals surface area contributed by atoms with Crippen molar-refractivity contribution in [3.8, 4) is 5.69 Å². The average molecular weight is 402 g/mol. The van der Waals surface area contributed by atoms with Gasteiger partial charge in [-0.3, -0.25) is 14.3 Å². The Bertz CT molecular complexity index is 1060. The number of aliphatic hydroxyl groups excluding tert-OH is 1. The van der Waals surface area contributed by atoms with E-state index in [2.05, 4.69) is 15.0 Å². The van der Waals surface area contributed by atoms with Gasteiger partial charge in [-0.25, -0.2) is 9.97 Å². The molecule has 2 saturated carbocycles. The van der Waals surface area contributed by atoms with Gasteiger partial charge in [-0.1, -0.05) is 6.07 Å². The quantitative estimate of drug-likeness (QED) is 0.685. The Hall–Kier alpha value is -2.86. The van der Waals surface area contributed by atoms with Crippen molar-refractivity contribution in [1.82, 2.24) is 19.5 Å². The zero-order chi connectivity index (χ0) is 20.5. The highest BCUT2D eigenvalue weighted by Gasteiger charge is 2.33. The summed E-state index contributed by atoms with van der Waals surface area (Å²) in [6.45, 7) is 0. The lowest BCUT2D eigenvalue weighted by molar-refractivity contribution is 0.130. The molecule has 3 atom stereocenters. The van der Waals surface area contributed by atoms with Crippen molar-refractivity contribution in [2.75, 3.05) is 0 Å². The van der Waals surface area contributed by atoms with E-state index in [0.717, 1.165) is 42.9 Å². The lowest BCUT2D eigenvalue weighted by atomic mass is 9.97. The molecule has 0 amide bonds. The Morgan fingerprint density at radius 1 is 0.967 bits per heavy atom. The van der Waals surface area contributed by atoms with Crippen LogP contribution < -0.4 is 5.56 Å². The van der Waals surface area contributed by atoms with Crippen LogP contribution in [0, 0.1) is 11.8 Å². The molecule has 2 fully saturated rings. The minimum Gasteiger partial charge on any atom is -0.393 e. The third kappa shape index (κ3) is 4.19. The number of rotatable bonds is 6. The van der Waals surface area contributed by atoms with Crippen molar-refractivity contribution >= 4 is 0 Å². The van der Waals surface area contributed by atoms with Crippen LogP contribution in [-0.4, -0.2) is 30.7 Å². The van der Waals surface area contributed by atoms with Crippen LogP contribution in [0.3, 0.4) is 0 Å². The molecule has 0 bridgehead atoms. The molecule has 6 heteroatoms. The maximum Gasteiger partial charge on any atom is 0.255 e. The number of hydrogen-bond donors (Lipinski definition) is 1. The van der Waals surface area contributed by atoms with Crippen LogP contribution in [0.15, 0.2) is 59.9 Å². The molecule has 0 radical (unpaired) electrons. The molecule has 0 saturated heterocycles. The molecule has 2 aliphatic rings. The van der Waals surface area contributed by atoms with Gasteiger partial charge in [-0.15, -0.1) is 0 Å². The molecule has 30 heavy (non-hydrogen) atoms. The third-order valence-corrected chi connectivity index (χ3v) is 6.38. The number of hydrogen-bond acceptors (Lipinski definition) is 5. The summed E-state index contributed by atoms with van der Waals surface area (Å²) >= 11 is 0. The van der Waals surface area contributed by atoms with Gasteiger partial charge in [0.05, 0.1) is 18.0 Å². The fourth-order valence-corrected chi connectivity index (χ4v) is 4.55. The van der Waals surface area contributed by atoms with Gasteiger partial charge in [0.1, 0.15) is 5.82 Å².